The number of para-hydroxylation sites is 2. The van der Waals surface area contributed by atoms with Gasteiger partial charge in [-0.05, 0) is 31.2 Å². The molecule has 0 fully saturated rings. The first-order valence-corrected chi connectivity index (χ1v) is 8.65. The van der Waals surface area contributed by atoms with E-state index in [1.165, 1.54) is 20.9 Å². The number of thiazole rings is 1. The number of allylic oxidation sites excluding steroid dienone is 2. The van der Waals surface area contributed by atoms with E-state index in [4.69, 9.17) is 0 Å². The minimum absolute atomic E-state index is 0. The molecule has 24 heavy (non-hydrogen) atoms. The molecule has 124 valence electrons. The zero-order valence-electron chi connectivity index (χ0n) is 13.9. The van der Waals surface area contributed by atoms with Crippen molar-refractivity contribution >= 4 is 33.3 Å². The molecule has 0 spiro atoms. The number of halogens is 1. The van der Waals surface area contributed by atoms with Crippen molar-refractivity contribution in [2.24, 2.45) is 0 Å². The number of aryl methyl sites for hydroxylation is 1. The van der Waals surface area contributed by atoms with Gasteiger partial charge in [0.25, 0.3) is 5.01 Å². The number of aromatic nitrogens is 1. The van der Waals surface area contributed by atoms with Crippen LogP contribution in [-0.2, 0) is 6.54 Å². The van der Waals surface area contributed by atoms with Gasteiger partial charge < -0.3 is 28.9 Å². The van der Waals surface area contributed by atoms with Crippen molar-refractivity contribution in [2.75, 3.05) is 11.9 Å². The van der Waals surface area contributed by atoms with E-state index in [2.05, 4.69) is 96.4 Å². The molecule has 1 aromatic heterocycles. The topological polar surface area (TPSA) is 7.12 Å². The SMILES string of the molecule is CC[n+]1c(/C=C/C=C/N(C)c2ccccc2)sc2ccccc21.[I-]. The van der Waals surface area contributed by atoms with Gasteiger partial charge in [0.1, 0.15) is 11.2 Å². The highest BCUT2D eigenvalue weighted by molar-refractivity contribution is 7.18. The van der Waals surface area contributed by atoms with Crippen LogP contribution in [0.15, 0.2) is 72.9 Å². The van der Waals surface area contributed by atoms with Gasteiger partial charge in [0.05, 0.1) is 0 Å². The number of hydrogen-bond acceptors (Lipinski definition) is 2. The highest BCUT2D eigenvalue weighted by atomic mass is 127. The lowest BCUT2D eigenvalue weighted by Gasteiger charge is -2.12. The van der Waals surface area contributed by atoms with Crippen LogP contribution >= 0.6 is 11.3 Å². The largest absolute Gasteiger partial charge is 1.00 e. The van der Waals surface area contributed by atoms with Crippen LogP contribution in [0.3, 0.4) is 0 Å². The van der Waals surface area contributed by atoms with Gasteiger partial charge in [-0.25, -0.2) is 0 Å². The first kappa shape index (κ1) is 18.7. The van der Waals surface area contributed by atoms with Crippen molar-refractivity contribution in [2.45, 2.75) is 13.5 Å². The summed E-state index contributed by atoms with van der Waals surface area (Å²) >= 11 is 1.83. The summed E-state index contributed by atoms with van der Waals surface area (Å²) < 4.78 is 3.69. The maximum atomic E-state index is 2.35. The fraction of sp³-hybridized carbons (Fsp3) is 0.150. The predicted molar refractivity (Wildman–Crippen MR) is 101 cm³/mol. The fourth-order valence-electron chi connectivity index (χ4n) is 2.57. The van der Waals surface area contributed by atoms with Crippen molar-refractivity contribution in [3.05, 3.63) is 78.0 Å². The third-order valence-corrected chi connectivity index (χ3v) is 4.91. The molecule has 3 rings (SSSR count). The number of rotatable bonds is 5. The predicted octanol–water partition coefficient (Wildman–Crippen LogP) is 1.88. The van der Waals surface area contributed by atoms with Crippen LogP contribution < -0.4 is 33.4 Å². The van der Waals surface area contributed by atoms with Crippen LogP contribution in [0.2, 0.25) is 0 Å². The van der Waals surface area contributed by atoms with E-state index in [-0.39, 0.29) is 24.0 Å². The van der Waals surface area contributed by atoms with Crippen LogP contribution in [0, 0.1) is 0 Å². The maximum Gasteiger partial charge on any atom is 0.262 e. The van der Waals surface area contributed by atoms with Crippen molar-refractivity contribution in [3.8, 4) is 0 Å². The highest BCUT2D eigenvalue weighted by Gasteiger charge is 2.15. The van der Waals surface area contributed by atoms with Gasteiger partial charge in [0.2, 0.25) is 5.52 Å². The summed E-state index contributed by atoms with van der Waals surface area (Å²) in [5.41, 5.74) is 2.49. The second-order valence-electron chi connectivity index (χ2n) is 5.30. The standard InChI is InChI=1S/C20H21N2S.HI/c1-3-22-18-13-7-8-14-19(18)23-20(22)15-9-10-16-21(2)17-11-5-4-6-12-17;/h4-16H,3H2,1-2H3;1H/q+1;/p-1. The molecule has 0 bridgehead atoms. The monoisotopic (exact) mass is 448 g/mol. The van der Waals surface area contributed by atoms with Crippen molar-refractivity contribution in [1.29, 1.82) is 0 Å². The molecule has 0 radical (unpaired) electrons. The molecule has 0 saturated carbocycles. The van der Waals surface area contributed by atoms with Crippen LogP contribution in [0.4, 0.5) is 5.69 Å². The zero-order valence-corrected chi connectivity index (χ0v) is 16.9. The van der Waals surface area contributed by atoms with E-state index < -0.39 is 0 Å². The van der Waals surface area contributed by atoms with Crippen molar-refractivity contribution in [1.82, 2.24) is 0 Å². The molecule has 0 aliphatic heterocycles. The van der Waals surface area contributed by atoms with Gasteiger partial charge in [0.15, 0.2) is 0 Å². The second kappa shape index (κ2) is 8.99. The Morgan fingerprint density at radius 2 is 1.71 bits per heavy atom. The Bertz CT molecular complexity index is 837. The fourth-order valence-corrected chi connectivity index (χ4v) is 3.71. The summed E-state index contributed by atoms with van der Waals surface area (Å²) in [5.74, 6) is 0. The molecule has 0 N–H and O–H groups in total. The van der Waals surface area contributed by atoms with Crippen LogP contribution in [0.25, 0.3) is 16.3 Å². The number of fused-ring (bicyclic) bond motifs is 1. The van der Waals surface area contributed by atoms with E-state index >= 15 is 0 Å². The molecule has 0 unspecified atom stereocenters. The molecule has 0 amide bonds. The van der Waals surface area contributed by atoms with Gasteiger partial charge in [-0.15, -0.1) is 0 Å². The molecule has 0 saturated heterocycles. The number of nitrogens with zero attached hydrogens (tertiary/aromatic N) is 2. The van der Waals surface area contributed by atoms with Crippen LogP contribution in [0.1, 0.15) is 11.9 Å². The Labute approximate surface area is 164 Å². The van der Waals surface area contributed by atoms with E-state index in [1.54, 1.807) is 0 Å². The van der Waals surface area contributed by atoms with Gasteiger partial charge >= 0.3 is 0 Å². The lowest BCUT2D eigenvalue weighted by Crippen LogP contribution is -3.00. The minimum Gasteiger partial charge on any atom is -1.00 e. The Morgan fingerprint density at radius 3 is 2.46 bits per heavy atom. The normalized spacial score (nSPS) is 11.2. The lowest BCUT2D eigenvalue weighted by molar-refractivity contribution is -0.665. The maximum absolute atomic E-state index is 2.35. The molecule has 0 aliphatic carbocycles. The van der Waals surface area contributed by atoms with Crippen molar-refractivity contribution < 1.29 is 28.5 Å². The van der Waals surface area contributed by atoms with Gasteiger partial charge in [-0.3, -0.25) is 0 Å². The average molecular weight is 448 g/mol. The average Bonchev–Trinajstić information content (AvgIpc) is 2.96. The Morgan fingerprint density at radius 1 is 1.00 bits per heavy atom. The van der Waals surface area contributed by atoms with E-state index in [0.717, 1.165) is 6.54 Å². The molecule has 3 aromatic rings. The first-order valence-electron chi connectivity index (χ1n) is 7.83. The van der Waals surface area contributed by atoms with Crippen LogP contribution in [0.5, 0.6) is 0 Å². The quantitative estimate of drug-likeness (QED) is 0.329. The van der Waals surface area contributed by atoms with Gasteiger partial charge in [-0.1, -0.05) is 47.7 Å². The summed E-state index contributed by atoms with van der Waals surface area (Å²) in [4.78, 5) is 2.11. The summed E-state index contributed by atoms with van der Waals surface area (Å²) in [7, 11) is 2.06. The summed E-state index contributed by atoms with van der Waals surface area (Å²) in [6.07, 6.45) is 8.45. The van der Waals surface area contributed by atoms with Gasteiger partial charge in [0, 0.05) is 31.1 Å². The molecule has 0 atom stereocenters. The zero-order chi connectivity index (χ0) is 16.1. The number of benzene rings is 2. The summed E-state index contributed by atoms with van der Waals surface area (Å²) in [6, 6.07) is 18.9. The molecular weight excluding hydrogens is 427 g/mol. The van der Waals surface area contributed by atoms with Gasteiger partial charge in [-0.2, -0.15) is 4.57 Å². The smallest absolute Gasteiger partial charge is 0.262 e. The minimum atomic E-state index is 0. The Kier molecular flexibility index (Phi) is 6.99. The Balaban J connectivity index is 0.00000208. The third-order valence-electron chi connectivity index (χ3n) is 3.78. The molecular formula is C20H21IN2S. The first-order chi connectivity index (χ1) is 11.3. The van der Waals surface area contributed by atoms with E-state index in [9.17, 15) is 0 Å². The second-order valence-corrected chi connectivity index (χ2v) is 6.36. The third kappa shape index (κ3) is 4.24. The van der Waals surface area contributed by atoms with Crippen molar-refractivity contribution in [3.63, 3.8) is 0 Å². The molecule has 2 nitrogen and oxygen atoms in total. The van der Waals surface area contributed by atoms with E-state index in [0.29, 0.717) is 0 Å². The number of hydrogen-bond donors (Lipinski definition) is 0. The molecule has 4 heteroatoms. The lowest BCUT2D eigenvalue weighted by atomic mass is 10.3. The molecule has 0 aliphatic rings. The Hall–Kier alpha value is -1.66. The van der Waals surface area contributed by atoms with E-state index in [1.807, 2.05) is 17.4 Å². The molecule has 2 aromatic carbocycles. The summed E-state index contributed by atoms with van der Waals surface area (Å²) in [5, 5.41) is 1.28. The van der Waals surface area contributed by atoms with Crippen LogP contribution in [-0.4, -0.2) is 7.05 Å². The molecule has 1 heterocycles. The summed E-state index contributed by atoms with van der Waals surface area (Å²) in [6.45, 7) is 3.17. The number of anilines is 1. The highest BCUT2D eigenvalue weighted by Crippen LogP contribution is 2.21.